The molecule has 0 saturated carbocycles. The van der Waals surface area contributed by atoms with Gasteiger partial charge in [-0.3, -0.25) is 0 Å². The Bertz CT molecular complexity index is 472. The van der Waals surface area contributed by atoms with Crippen molar-refractivity contribution in [2.24, 2.45) is 16.5 Å². The molecule has 2 rings (SSSR count). The molecule has 0 saturated heterocycles. The van der Waals surface area contributed by atoms with E-state index < -0.39 is 0 Å². The molecule has 15 heavy (non-hydrogen) atoms. The van der Waals surface area contributed by atoms with Crippen LogP contribution in [-0.4, -0.2) is 15.9 Å². The zero-order valence-corrected chi connectivity index (χ0v) is 8.79. The molecule has 2 aromatic rings. The molecule has 0 fully saturated rings. The van der Waals surface area contributed by atoms with Gasteiger partial charge in [0.25, 0.3) is 0 Å². The number of rotatable bonds is 2. The van der Waals surface area contributed by atoms with E-state index in [4.69, 9.17) is 11.5 Å². The van der Waals surface area contributed by atoms with Crippen LogP contribution in [0, 0.1) is 0 Å². The summed E-state index contributed by atoms with van der Waals surface area (Å²) in [7, 11) is 0. The van der Waals surface area contributed by atoms with Gasteiger partial charge < -0.3 is 16.5 Å². The third kappa shape index (κ3) is 2.38. The fourth-order valence-electron chi connectivity index (χ4n) is 1.33. The minimum Gasteiger partial charge on any atom is -0.370 e. The fourth-order valence-corrected chi connectivity index (χ4v) is 1.33. The van der Waals surface area contributed by atoms with E-state index in [0.29, 0.717) is 6.54 Å². The number of aromatic amines is 1. The molecule has 2 heterocycles. The van der Waals surface area contributed by atoms with Gasteiger partial charge in [0, 0.05) is 17.8 Å². The maximum atomic E-state index is 5.26. The van der Waals surface area contributed by atoms with Gasteiger partial charge in [0.15, 0.2) is 5.96 Å². The summed E-state index contributed by atoms with van der Waals surface area (Å²) in [5.41, 5.74) is 12.4. The van der Waals surface area contributed by atoms with Crippen molar-refractivity contribution in [3.8, 4) is 0 Å². The number of halogens is 1. The number of hydrogen-bond donors (Lipinski definition) is 3. The van der Waals surface area contributed by atoms with Crippen molar-refractivity contribution in [3.05, 3.63) is 30.1 Å². The van der Waals surface area contributed by atoms with Gasteiger partial charge in [0.05, 0.1) is 6.54 Å². The summed E-state index contributed by atoms with van der Waals surface area (Å²) in [6, 6.07) is 3.86. The van der Waals surface area contributed by atoms with E-state index >= 15 is 0 Å². The molecule has 0 bridgehead atoms. The first kappa shape index (κ1) is 11.3. The largest absolute Gasteiger partial charge is 0.370 e. The lowest BCUT2D eigenvalue weighted by Gasteiger charge is -1.98. The monoisotopic (exact) mass is 225 g/mol. The van der Waals surface area contributed by atoms with E-state index in [-0.39, 0.29) is 18.4 Å². The Labute approximate surface area is 93.0 Å². The van der Waals surface area contributed by atoms with E-state index in [2.05, 4.69) is 15.0 Å². The Balaban J connectivity index is 0.00000112. The van der Waals surface area contributed by atoms with Crippen LogP contribution in [-0.2, 0) is 6.54 Å². The maximum absolute atomic E-state index is 5.26. The molecule has 6 heteroatoms. The highest BCUT2D eigenvalue weighted by Crippen LogP contribution is 2.15. The number of nitrogens with one attached hydrogen (secondary N) is 1. The zero-order chi connectivity index (χ0) is 9.97. The molecule has 0 spiro atoms. The highest BCUT2D eigenvalue weighted by molar-refractivity contribution is 5.85. The molecule has 2 aromatic heterocycles. The van der Waals surface area contributed by atoms with E-state index in [9.17, 15) is 0 Å². The quantitative estimate of drug-likeness (QED) is 0.520. The van der Waals surface area contributed by atoms with Crippen LogP contribution < -0.4 is 11.5 Å². The molecule has 80 valence electrons. The Morgan fingerprint density at radius 1 is 1.40 bits per heavy atom. The van der Waals surface area contributed by atoms with Gasteiger partial charge >= 0.3 is 0 Å². The molecular formula is C9H12ClN5. The third-order valence-corrected chi connectivity index (χ3v) is 1.98. The molecule has 0 aliphatic rings. The van der Waals surface area contributed by atoms with Crippen molar-refractivity contribution in [3.63, 3.8) is 0 Å². The lowest BCUT2D eigenvalue weighted by molar-refractivity contribution is 1.06. The van der Waals surface area contributed by atoms with Crippen molar-refractivity contribution >= 4 is 29.4 Å². The van der Waals surface area contributed by atoms with Crippen LogP contribution >= 0.6 is 12.4 Å². The third-order valence-electron chi connectivity index (χ3n) is 1.98. The summed E-state index contributed by atoms with van der Waals surface area (Å²) in [4.78, 5) is 11.1. The van der Waals surface area contributed by atoms with Crippen LogP contribution in [0.4, 0.5) is 0 Å². The van der Waals surface area contributed by atoms with Crippen LogP contribution in [0.3, 0.4) is 0 Å². The number of aliphatic imine (C=N–C) groups is 1. The van der Waals surface area contributed by atoms with Crippen molar-refractivity contribution in [1.29, 1.82) is 0 Å². The molecule has 0 unspecified atom stereocenters. The van der Waals surface area contributed by atoms with Crippen molar-refractivity contribution in [2.45, 2.75) is 6.54 Å². The highest BCUT2D eigenvalue weighted by atomic mass is 35.5. The Morgan fingerprint density at radius 3 is 2.93 bits per heavy atom. The van der Waals surface area contributed by atoms with Crippen LogP contribution in [0.15, 0.2) is 29.5 Å². The Kier molecular flexibility index (Phi) is 3.51. The lowest BCUT2D eigenvalue weighted by Crippen LogP contribution is -2.22. The van der Waals surface area contributed by atoms with Gasteiger partial charge in [-0.25, -0.2) is 9.98 Å². The van der Waals surface area contributed by atoms with Crippen LogP contribution in [0.25, 0.3) is 11.0 Å². The SMILES string of the molecule is Cl.NC(N)=NCc1ccnc2[nH]ccc12. The average Bonchev–Trinajstić information content (AvgIpc) is 2.62. The molecule has 0 aliphatic heterocycles. The maximum Gasteiger partial charge on any atom is 0.186 e. The standard InChI is InChI=1S/C9H11N5.ClH/c10-9(11)14-5-6-1-3-12-8-7(6)2-4-13-8;/h1-4H,5H2,(H,12,13)(H4,10,11,14);1H. The van der Waals surface area contributed by atoms with Gasteiger partial charge in [-0.15, -0.1) is 12.4 Å². The van der Waals surface area contributed by atoms with Gasteiger partial charge in [0.2, 0.25) is 0 Å². The number of pyridine rings is 1. The molecular weight excluding hydrogens is 214 g/mol. The van der Waals surface area contributed by atoms with E-state index in [1.165, 1.54) is 0 Å². The van der Waals surface area contributed by atoms with Gasteiger partial charge in [-0.1, -0.05) is 0 Å². The first-order valence-electron chi connectivity index (χ1n) is 4.24. The Morgan fingerprint density at radius 2 is 2.20 bits per heavy atom. The van der Waals surface area contributed by atoms with Gasteiger partial charge in [0.1, 0.15) is 5.65 Å². The molecule has 5 nitrogen and oxygen atoms in total. The molecule has 5 N–H and O–H groups in total. The molecule has 0 atom stereocenters. The van der Waals surface area contributed by atoms with Crippen molar-refractivity contribution in [1.82, 2.24) is 9.97 Å². The summed E-state index contributed by atoms with van der Waals surface area (Å²) in [6.07, 6.45) is 3.58. The van der Waals surface area contributed by atoms with E-state index in [1.54, 1.807) is 6.20 Å². The predicted octanol–water partition coefficient (Wildman–Crippen LogP) is 0.758. The van der Waals surface area contributed by atoms with Crippen LogP contribution in [0.5, 0.6) is 0 Å². The topological polar surface area (TPSA) is 93.1 Å². The summed E-state index contributed by atoms with van der Waals surface area (Å²) >= 11 is 0. The summed E-state index contributed by atoms with van der Waals surface area (Å²) in [6.45, 7) is 0.485. The van der Waals surface area contributed by atoms with Gasteiger partial charge in [-0.05, 0) is 17.7 Å². The van der Waals surface area contributed by atoms with Crippen LogP contribution in [0.2, 0.25) is 0 Å². The van der Waals surface area contributed by atoms with Crippen molar-refractivity contribution in [2.75, 3.05) is 0 Å². The summed E-state index contributed by atoms with van der Waals surface area (Å²) < 4.78 is 0. The molecule has 0 radical (unpaired) electrons. The normalized spacial score (nSPS) is 9.60. The summed E-state index contributed by atoms with van der Waals surface area (Å²) in [5, 5.41) is 1.05. The second-order valence-electron chi connectivity index (χ2n) is 2.95. The number of fused-ring (bicyclic) bond motifs is 1. The second kappa shape index (κ2) is 4.65. The minimum atomic E-state index is 0. The van der Waals surface area contributed by atoms with Crippen LogP contribution in [0.1, 0.15) is 5.56 Å². The molecule has 0 amide bonds. The number of aromatic nitrogens is 2. The molecule has 0 aliphatic carbocycles. The smallest absolute Gasteiger partial charge is 0.186 e. The molecule has 0 aromatic carbocycles. The zero-order valence-electron chi connectivity index (χ0n) is 7.97. The highest BCUT2D eigenvalue weighted by Gasteiger charge is 2.00. The lowest BCUT2D eigenvalue weighted by atomic mass is 10.2. The fraction of sp³-hybridized carbons (Fsp3) is 0.111. The predicted molar refractivity (Wildman–Crippen MR) is 62.9 cm³/mol. The van der Waals surface area contributed by atoms with E-state index in [1.807, 2.05) is 18.3 Å². The second-order valence-corrected chi connectivity index (χ2v) is 2.95. The number of hydrogen-bond acceptors (Lipinski definition) is 2. The Hall–Kier alpha value is -1.75. The summed E-state index contributed by atoms with van der Waals surface area (Å²) in [5.74, 6) is 0.102. The minimum absolute atomic E-state index is 0. The van der Waals surface area contributed by atoms with Gasteiger partial charge in [-0.2, -0.15) is 0 Å². The van der Waals surface area contributed by atoms with E-state index in [0.717, 1.165) is 16.6 Å². The average molecular weight is 226 g/mol. The number of nitrogens with two attached hydrogens (primary N) is 2. The number of guanidine groups is 1. The first-order valence-corrected chi connectivity index (χ1v) is 4.24. The number of nitrogens with zero attached hydrogens (tertiary/aromatic N) is 2. The first-order chi connectivity index (χ1) is 6.77. The van der Waals surface area contributed by atoms with Crippen molar-refractivity contribution < 1.29 is 0 Å². The number of H-pyrrole nitrogens is 1.